The zero-order chi connectivity index (χ0) is 36.5. The van der Waals surface area contributed by atoms with Crippen LogP contribution in [0.25, 0.3) is 0 Å². The Labute approximate surface area is 293 Å². The third kappa shape index (κ3) is 10.6. The molecule has 0 aliphatic rings. The molecular weight excluding hydrogens is 657 g/mol. The Kier molecular flexibility index (Phi) is 10.7. The summed E-state index contributed by atoms with van der Waals surface area (Å²) in [6.07, 6.45) is 1.94. The van der Waals surface area contributed by atoms with Gasteiger partial charge in [0.25, 0.3) is 0 Å². The van der Waals surface area contributed by atoms with Crippen molar-refractivity contribution in [2.75, 3.05) is 0 Å². The quantitative estimate of drug-likeness (QED) is 0.135. The van der Waals surface area contributed by atoms with Crippen LogP contribution in [0.3, 0.4) is 0 Å². The first-order chi connectivity index (χ1) is 22.4. The van der Waals surface area contributed by atoms with E-state index in [1.807, 2.05) is 24.3 Å². The third-order valence-corrected chi connectivity index (χ3v) is 10.6. The molecule has 0 radical (unpaired) electrons. The van der Waals surface area contributed by atoms with Crippen LogP contribution in [0, 0.1) is 10.8 Å². The topological polar surface area (TPSA) is 96.0 Å². The van der Waals surface area contributed by atoms with Crippen molar-refractivity contribution in [3.63, 3.8) is 0 Å². The average Bonchev–Trinajstić information content (AvgIpc) is 2.95. The molecule has 9 heteroatoms. The first-order valence-corrected chi connectivity index (χ1v) is 19.2. The minimum Gasteiger partial charge on any atom is -0.457 e. The zero-order valence-corrected chi connectivity index (χ0v) is 32.0. The molecule has 0 unspecified atom stereocenters. The largest absolute Gasteiger partial charge is 0.457 e. The lowest BCUT2D eigenvalue weighted by molar-refractivity contribution is 0.283. The van der Waals surface area contributed by atoms with Crippen molar-refractivity contribution in [1.29, 1.82) is 0 Å². The highest BCUT2D eigenvalue weighted by atomic mass is 32.2. The van der Waals surface area contributed by atoms with Crippen LogP contribution in [0.4, 0.5) is 0 Å². The van der Waals surface area contributed by atoms with Crippen molar-refractivity contribution in [3.05, 3.63) is 108 Å². The molecule has 0 saturated carbocycles. The Morgan fingerprint density at radius 3 is 0.939 bits per heavy atom. The van der Waals surface area contributed by atoms with E-state index in [0.717, 1.165) is 24.0 Å². The Balaban J connectivity index is 1.37. The highest BCUT2D eigenvalue weighted by molar-refractivity contribution is 7.87. The molecule has 0 aliphatic carbocycles. The van der Waals surface area contributed by atoms with Gasteiger partial charge in [-0.1, -0.05) is 93.5 Å². The van der Waals surface area contributed by atoms with E-state index in [2.05, 4.69) is 69.2 Å². The Morgan fingerprint density at radius 1 is 0.408 bits per heavy atom. The van der Waals surface area contributed by atoms with Crippen LogP contribution in [0.2, 0.25) is 0 Å². The Bertz CT molecular complexity index is 1780. The van der Waals surface area contributed by atoms with Gasteiger partial charge >= 0.3 is 20.2 Å². The summed E-state index contributed by atoms with van der Waals surface area (Å²) in [7, 11) is -8.16. The van der Waals surface area contributed by atoms with Crippen molar-refractivity contribution in [2.24, 2.45) is 10.8 Å². The molecule has 4 rings (SSSR count). The molecule has 0 fully saturated rings. The van der Waals surface area contributed by atoms with Gasteiger partial charge in [0, 0.05) is 0 Å². The van der Waals surface area contributed by atoms with Crippen molar-refractivity contribution in [3.8, 4) is 23.0 Å². The van der Waals surface area contributed by atoms with E-state index >= 15 is 0 Å². The molecule has 264 valence electrons. The second-order valence-corrected chi connectivity index (χ2v) is 19.5. The predicted molar refractivity (Wildman–Crippen MR) is 196 cm³/mol. The normalized spacial score (nSPS) is 13.2. The summed E-state index contributed by atoms with van der Waals surface area (Å²) in [5.74, 6) is 1.19. The van der Waals surface area contributed by atoms with Crippen LogP contribution in [0.1, 0.15) is 93.2 Å². The van der Waals surface area contributed by atoms with Crippen LogP contribution >= 0.6 is 0 Å². The summed E-state index contributed by atoms with van der Waals surface area (Å²) >= 11 is 0. The lowest BCUT2D eigenvalue weighted by atomic mass is 9.72. The SMILES string of the molecule is CC(C)(C)CC(C)(C)c1ccc(OS(=O)(=O)c2ccc(Oc3ccc(S(=O)(=O)Oc4ccc(C(C)(C)CC(C)(C)C)cc4)cc3)cc2)cc1. The van der Waals surface area contributed by atoms with Crippen LogP contribution in [-0.4, -0.2) is 16.8 Å². The van der Waals surface area contributed by atoms with E-state index in [-0.39, 0.29) is 42.9 Å². The standard InChI is InChI=1S/C40H50O7S2/c1-37(2,3)27-39(7,8)29-11-15-33(16-12-29)46-48(41,42)35-23-19-31(20-24-35)45-32-21-25-36(26-22-32)49(43,44)47-34-17-13-30(14-18-34)40(9,10)28-38(4,5)6/h11-26H,27-28H2,1-10H3. The van der Waals surface area contributed by atoms with Gasteiger partial charge in [-0.15, -0.1) is 0 Å². The molecule has 0 bridgehead atoms. The summed E-state index contributed by atoms with van der Waals surface area (Å²) in [4.78, 5) is -0.0530. The van der Waals surface area contributed by atoms with Gasteiger partial charge in [0.2, 0.25) is 0 Å². The van der Waals surface area contributed by atoms with Gasteiger partial charge in [-0.25, -0.2) is 0 Å². The average molecular weight is 707 g/mol. The molecule has 7 nitrogen and oxygen atoms in total. The maximum Gasteiger partial charge on any atom is 0.339 e. The van der Waals surface area contributed by atoms with Gasteiger partial charge in [-0.2, -0.15) is 16.8 Å². The smallest absolute Gasteiger partial charge is 0.339 e. The van der Waals surface area contributed by atoms with Crippen LogP contribution in [0.15, 0.2) is 107 Å². The number of rotatable bonds is 12. The summed E-state index contributed by atoms with van der Waals surface area (Å²) in [5.41, 5.74) is 2.35. The fourth-order valence-electron chi connectivity index (χ4n) is 6.61. The number of ether oxygens (including phenoxy) is 1. The summed E-state index contributed by atoms with van der Waals surface area (Å²) in [5, 5.41) is 0. The predicted octanol–water partition coefficient (Wildman–Crippen LogP) is 10.4. The molecule has 49 heavy (non-hydrogen) atoms. The molecule has 4 aromatic carbocycles. The minimum absolute atomic E-state index is 0.0265. The molecule has 0 N–H and O–H groups in total. The van der Waals surface area contributed by atoms with Gasteiger partial charge in [0.15, 0.2) is 0 Å². The maximum absolute atomic E-state index is 13.0. The van der Waals surface area contributed by atoms with Gasteiger partial charge in [0.1, 0.15) is 32.8 Å². The van der Waals surface area contributed by atoms with E-state index in [0.29, 0.717) is 11.5 Å². The van der Waals surface area contributed by atoms with E-state index in [1.165, 1.54) is 48.5 Å². The minimum atomic E-state index is -4.08. The van der Waals surface area contributed by atoms with Gasteiger partial charge in [0.05, 0.1) is 0 Å². The van der Waals surface area contributed by atoms with Crippen molar-refractivity contribution in [2.45, 2.75) is 103 Å². The second kappa shape index (κ2) is 13.8. The molecule has 4 aromatic rings. The van der Waals surface area contributed by atoms with Gasteiger partial charge in [-0.05, 0) is 118 Å². The fraction of sp³-hybridized carbons (Fsp3) is 0.400. The zero-order valence-electron chi connectivity index (χ0n) is 30.3. The van der Waals surface area contributed by atoms with Crippen LogP contribution in [-0.2, 0) is 31.1 Å². The van der Waals surface area contributed by atoms with Gasteiger partial charge in [-0.3, -0.25) is 0 Å². The number of hydrogen-bond donors (Lipinski definition) is 0. The van der Waals surface area contributed by atoms with Crippen molar-refractivity contribution in [1.82, 2.24) is 0 Å². The first kappa shape index (κ1) is 38.0. The maximum atomic E-state index is 13.0. The van der Waals surface area contributed by atoms with Crippen molar-refractivity contribution < 1.29 is 29.9 Å². The van der Waals surface area contributed by atoms with Crippen molar-refractivity contribution >= 4 is 20.2 Å². The van der Waals surface area contributed by atoms with Crippen LogP contribution in [0.5, 0.6) is 23.0 Å². The second-order valence-electron chi connectivity index (χ2n) is 16.4. The van der Waals surface area contributed by atoms with E-state index < -0.39 is 20.2 Å². The molecule has 0 atom stereocenters. The molecule has 0 spiro atoms. The molecule has 0 aliphatic heterocycles. The number of benzene rings is 4. The van der Waals surface area contributed by atoms with E-state index in [4.69, 9.17) is 13.1 Å². The Morgan fingerprint density at radius 2 is 0.673 bits per heavy atom. The summed E-state index contributed by atoms with van der Waals surface area (Å²) in [6.45, 7) is 21.9. The molecule has 0 heterocycles. The first-order valence-electron chi connectivity index (χ1n) is 16.4. The third-order valence-electron chi connectivity index (χ3n) is 8.09. The lowest BCUT2D eigenvalue weighted by Gasteiger charge is -2.33. The van der Waals surface area contributed by atoms with E-state index in [9.17, 15) is 16.8 Å². The van der Waals surface area contributed by atoms with Gasteiger partial charge < -0.3 is 13.1 Å². The van der Waals surface area contributed by atoms with E-state index in [1.54, 1.807) is 24.3 Å². The lowest BCUT2D eigenvalue weighted by Crippen LogP contribution is -2.24. The van der Waals surface area contributed by atoms with Crippen LogP contribution < -0.4 is 13.1 Å². The fourth-order valence-corrected chi connectivity index (χ4v) is 8.47. The Hall–Kier alpha value is -3.82. The molecule has 0 saturated heterocycles. The summed E-state index contributed by atoms with van der Waals surface area (Å²) in [6, 6.07) is 25.9. The summed E-state index contributed by atoms with van der Waals surface area (Å²) < 4.78 is 68.6. The highest BCUT2D eigenvalue weighted by Gasteiger charge is 2.29. The highest BCUT2D eigenvalue weighted by Crippen LogP contribution is 2.38. The molecule has 0 aromatic heterocycles. The molecular formula is C40H50O7S2. The monoisotopic (exact) mass is 706 g/mol. The number of hydrogen-bond acceptors (Lipinski definition) is 7. The molecule has 0 amide bonds.